The lowest BCUT2D eigenvalue weighted by molar-refractivity contribution is -0.142. The molecule has 0 heterocycles. The molecule has 0 spiro atoms. The van der Waals surface area contributed by atoms with Crippen molar-refractivity contribution in [2.24, 2.45) is 11.8 Å². The van der Waals surface area contributed by atoms with E-state index in [1.54, 1.807) is 25.7 Å². The first-order valence-electron chi connectivity index (χ1n) is 14.4. The van der Waals surface area contributed by atoms with Crippen LogP contribution in [0.5, 0.6) is 0 Å². The van der Waals surface area contributed by atoms with E-state index in [1.165, 1.54) is 0 Å². The number of carbonyl (C=O) groups excluding carboxylic acids is 3. The first kappa shape index (κ1) is 31.2. The quantitative estimate of drug-likeness (QED) is 0.361. The molecule has 0 aliphatic heterocycles. The normalized spacial score (nSPS) is 18.8. The van der Waals surface area contributed by atoms with Crippen LogP contribution in [0, 0.1) is 39.5 Å². The van der Waals surface area contributed by atoms with E-state index >= 15 is 0 Å². The number of carbonyl (C=O) groups is 3. The van der Waals surface area contributed by atoms with Gasteiger partial charge in [0.2, 0.25) is 5.91 Å². The maximum Gasteiger partial charge on any atom is 0.408 e. The van der Waals surface area contributed by atoms with Crippen LogP contribution < -0.4 is 10.6 Å². The summed E-state index contributed by atoms with van der Waals surface area (Å²) in [6.45, 7) is 19.3. The Labute approximate surface area is 240 Å². The molecule has 3 amide bonds. The summed E-state index contributed by atoms with van der Waals surface area (Å²) in [4.78, 5) is 43.4. The molecule has 7 nitrogen and oxygen atoms in total. The van der Waals surface area contributed by atoms with E-state index in [2.05, 4.69) is 23.6 Å². The van der Waals surface area contributed by atoms with E-state index in [-0.39, 0.29) is 29.7 Å². The standard InChI is InChI=1S/C33H47N3O4/c1-11-21(4)28(35-32(39)40-33(8,9)10)31(38)36(26-18-24(26)7)29(25-16-19(2)15-20(3)17-25)30(37)34-27-22(5)13-12-14-23(27)6/h12-17,21,24,26,28-29H,11,18H2,1-10H3,(H,34,37)(H,35,39). The fraction of sp³-hybridized carbons (Fsp3) is 0.545. The third-order valence-electron chi connectivity index (χ3n) is 7.65. The van der Waals surface area contributed by atoms with Gasteiger partial charge in [0.25, 0.3) is 5.91 Å². The molecule has 40 heavy (non-hydrogen) atoms. The Bertz CT molecular complexity index is 1210. The van der Waals surface area contributed by atoms with Gasteiger partial charge in [-0.05, 0) is 83.4 Å². The summed E-state index contributed by atoms with van der Waals surface area (Å²) >= 11 is 0. The van der Waals surface area contributed by atoms with Crippen LogP contribution in [0.15, 0.2) is 36.4 Å². The van der Waals surface area contributed by atoms with Gasteiger partial charge in [-0.3, -0.25) is 9.59 Å². The van der Waals surface area contributed by atoms with Crippen LogP contribution in [0.1, 0.15) is 88.2 Å². The zero-order valence-electron chi connectivity index (χ0n) is 25.8. The molecule has 0 bridgehead atoms. The van der Waals surface area contributed by atoms with E-state index in [9.17, 15) is 14.4 Å². The van der Waals surface area contributed by atoms with Gasteiger partial charge in [-0.15, -0.1) is 0 Å². The monoisotopic (exact) mass is 549 g/mol. The van der Waals surface area contributed by atoms with Gasteiger partial charge in [-0.25, -0.2) is 4.79 Å². The Morgan fingerprint density at radius 1 is 1.02 bits per heavy atom. The molecule has 0 radical (unpaired) electrons. The van der Waals surface area contributed by atoms with Crippen LogP contribution in [-0.2, 0) is 14.3 Å². The second-order valence-corrected chi connectivity index (χ2v) is 12.6. The lowest BCUT2D eigenvalue weighted by Crippen LogP contribution is -2.55. The number of aryl methyl sites for hydroxylation is 4. The Balaban J connectivity index is 2.11. The lowest BCUT2D eigenvalue weighted by Gasteiger charge is -2.37. The SMILES string of the molecule is CCC(C)C(NC(=O)OC(C)(C)C)C(=O)N(C(C(=O)Nc1c(C)cccc1C)c1cc(C)cc(C)c1)C1CC1C. The molecule has 1 aliphatic carbocycles. The van der Waals surface area contributed by atoms with Gasteiger partial charge in [0.05, 0.1) is 0 Å². The fourth-order valence-electron chi connectivity index (χ4n) is 5.26. The molecule has 3 rings (SSSR count). The smallest absolute Gasteiger partial charge is 0.408 e. The topological polar surface area (TPSA) is 87.7 Å². The van der Waals surface area contributed by atoms with E-state index in [1.807, 2.05) is 71.9 Å². The summed E-state index contributed by atoms with van der Waals surface area (Å²) in [6.07, 6.45) is 0.824. The van der Waals surface area contributed by atoms with Gasteiger partial charge in [0.15, 0.2) is 0 Å². The number of ether oxygens (including phenoxy) is 1. The van der Waals surface area contributed by atoms with E-state index in [4.69, 9.17) is 4.74 Å². The number of nitrogens with one attached hydrogen (secondary N) is 2. The van der Waals surface area contributed by atoms with E-state index < -0.39 is 23.8 Å². The highest BCUT2D eigenvalue weighted by Gasteiger charge is 2.49. The molecule has 7 heteroatoms. The van der Waals surface area contributed by atoms with Gasteiger partial charge >= 0.3 is 6.09 Å². The zero-order chi connectivity index (χ0) is 29.9. The van der Waals surface area contributed by atoms with Gasteiger partial charge in [-0.1, -0.05) is 74.7 Å². The highest BCUT2D eigenvalue weighted by atomic mass is 16.6. The molecule has 0 aromatic heterocycles. The predicted octanol–water partition coefficient (Wildman–Crippen LogP) is 6.78. The number of hydrogen-bond donors (Lipinski definition) is 2. The minimum Gasteiger partial charge on any atom is -0.444 e. The Morgan fingerprint density at radius 2 is 1.57 bits per heavy atom. The number of rotatable bonds is 9. The summed E-state index contributed by atoms with van der Waals surface area (Å²) in [6, 6.07) is 10.1. The molecule has 5 atom stereocenters. The number of nitrogens with zero attached hydrogens (tertiary/aromatic N) is 1. The van der Waals surface area contributed by atoms with Crippen molar-refractivity contribution in [2.75, 3.05) is 5.32 Å². The molecule has 2 aromatic rings. The number of hydrogen-bond acceptors (Lipinski definition) is 4. The largest absolute Gasteiger partial charge is 0.444 e. The number of benzene rings is 2. The number of anilines is 1. The average Bonchev–Trinajstić information content (AvgIpc) is 3.56. The summed E-state index contributed by atoms with van der Waals surface area (Å²) < 4.78 is 5.52. The molecule has 218 valence electrons. The van der Waals surface area contributed by atoms with Crippen molar-refractivity contribution < 1.29 is 19.1 Å². The Hall–Kier alpha value is -3.35. The minimum absolute atomic E-state index is 0.117. The van der Waals surface area contributed by atoms with Crippen molar-refractivity contribution in [3.8, 4) is 0 Å². The first-order chi connectivity index (χ1) is 18.6. The third kappa shape index (κ3) is 7.64. The number of alkyl carbamates (subject to hydrolysis) is 1. The van der Waals surface area contributed by atoms with Gasteiger partial charge in [0.1, 0.15) is 17.7 Å². The lowest BCUT2D eigenvalue weighted by atomic mass is 9.94. The summed E-state index contributed by atoms with van der Waals surface area (Å²) in [5.41, 5.74) is 4.74. The molecule has 5 unspecified atom stereocenters. The molecule has 1 aliphatic rings. The number of amides is 3. The molecular formula is C33H47N3O4. The van der Waals surface area contributed by atoms with Crippen LogP contribution >= 0.6 is 0 Å². The van der Waals surface area contributed by atoms with Crippen molar-refractivity contribution in [3.63, 3.8) is 0 Å². The van der Waals surface area contributed by atoms with Crippen LogP contribution in [-0.4, -0.2) is 40.5 Å². The fourth-order valence-corrected chi connectivity index (χ4v) is 5.26. The second kappa shape index (κ2) is 12.4. The second-order valence-electron chi connectivity index (χ2n) is 12.6. The van der Waals surface area contributed by atoms with Crippen molar-refractivity contribution >= 4 is 23.6 Å². The Kier molecular flexibility index (Phi) is 9.70. The molecule has 1 saturated carbocycles. The molecule has 2 aromatic carbocycles. The van der Waals surface area contributed by atoms with Crippen LogP contribution in [0.2, 0.25) is 0 Å². The summed E-state index contributed by atoms with van der Waals surface area (Å²) in [7, 11) is 0. The van der Waals surface area contributed by atoms with Gasteiger partial charge in [-0.2, -0.15) is 0 Å². The van der Waals surface area contributed by atoms with Crippen LogP contribution in [0.25, 0.3) is 0 Å². The van der Waals surface area contributed by atoms with E-state index in [0.717, 1.165) is 39.9 Å². The molecule has 2 N–H and O–H groups in total. The van der Waals surface area contributed by atoms with Crippen LogP contribution in [0.4, 0.5) is 10.5 Å². The highest BCUT2D eigenvalue weighted by molar-refractivity contribution is 6.00. The highest BCUT2D eigenvalue weighted by Crippen LogP contribution is 2.42. The molecular weight excluding hydrogens is 502 g/mol. The average molecular weight is 550 g/mol. The zero-order valence-corrected chi connectivity index (χ0v) is 25.8. The Morgan fingerprint density at radius 3 is 2.05 bits per heavy atom. The maximum atomic E-state index is 14.5. The summed E-state index contributed by atoms with van der Waals surface area (Å²) in [5.74, 6) is -0.465. The summed E-state index contributed by atoms with van der Waals surface area (Å²) in [5, 5.41) is 6.01. The van der Waals surface area contributed by atoms with Gasteiger partial charge in [0, 0.05) is 11.7 Å². The minimum atomic E-state index is -0.868. The van der Waals surface area contributed by atoms with Gasteiger partial charge < -0.3 is 20.3 Å². The maximum absolute atomic E-state index is 14.5. The molecule has 1 fully saturated rings. The first-order valence-corrected chi connectivity index (χ1v) is 14.4. The van der Waals surface area contributed by atoms with Crippen molar-refractivity contribution in [1.29, 1.82) is 0 Å². The van der Waals surface area contributed by atoms with Crippen molar-refractivity contribution in [2.45, 2.75) is 106 Å². The molecule has 0 saturated heterocycles. The van der Waals surface area contributed by atoms with Crippen LogP contribution in [0.3, 0.4) is 0 Å². The number of para-hydroxylation sites is 1. The predicted molar refractivity (Wildman–Crippen MR) is 160 cm³/mol. The van der Waals surface area contributed by atoms with Crippen molar-refractivity contribution in [3.05, 3.63) is 64.2 Å². The third-order valence-corrected chi connectivity index (χ3v) is 7.65. The van der Waals surface area contributed by atoms with E-state index in [0.29, 0.717) is 6.42 Å². The van der Waals surface area contributed by atoms with Crippen molar-refractivity contribution in [1.82, 2.24) is 10.2 Å².